The molecule has 0 aromatic carbocycles. The molecule has 0 aliphatic carbocycles. The Morgan fingerprint density at radius 3 is 1.42 bits per heavy atom. The zero-order valence-electron chi connectivity index (χ0n) is 7.02. The minimum Gasteiger partial charge on any atom is -0.387 e. The van der Waals surface area contributed by atoms with E-state index in [1.807, 2.05) is 0 Å². The highest BCUT2D eigenvalue weighted by Crippen LogP contribution is 2.11. The molecule has 0 aliphatic rings. The second-order valence-corrected chi connectivity index (χ2v) is 1.76. The summed E-state index contributed by atoms with van der Waals surface area (Å²) in [5.41, 5.74) is 0. The van der Waals surface area contributed by atoms with E-state index in [1.165, 1.54) is 0 Å². The summed E-state index contributed by atoms with van der Waals surface area (Å²) in [6, 6.07) is 0. The molecular formula is C6H13F3O3. The first-order valence-corrected chi connectivity index (χ1v) is 3.13. The van der Waals surface area contributed by atoms with E-state index in [0.29, 0.717) is 13.2 Å². The van der Waals surface area contributed by atoms with Crippen LogP contribution in [-0.2, 0) is 9.47 Å². The highest BCUT2D eigenvalue weighted by Gasteiger charge is 2.24. The maximum atomic E-state index is 10.5. The summed E-state index contributed by atoms with van der Waals surface area (Å²) in [6.45, 7) is -0.347. The van der Waals surface area contributed by atoms with Crippen LogP contribution in [0.5, 0.6) is 0 Å². The number of alkyl halides is 3. The summed E-state index contributed by atoms with van der Waals surface area (Å²) in [5, 5.41) is 7.28. The Kier molecular flexibility index (Phi) is 10.4. The summed E-state index contributed by atoms with van der Waals surface area (Å²) >= 11 is 0. The molecule has 0 unspecified atom stereocenters. The smallest absolute Gasteiger partial charge is 0.387 e. The van der Waals surface area contributed by atoms with E-state index in [-0.39, 0.29) is 0 Å². The molecule has 0 aromatic rings. The van der Waals surface area contributed by atoms with Crippen LogP contribution in [0, 0.1) is 0 Å². The molecule has 76 valence electrons. The van der Waals surface area contributed by atoms with Gasteiger partial charge in [-0.1, -0.05) is 0 Å². The normalized spacial score (nSPS) is 10.5. The highest BCUT2D eigenvalue weighted by molar-refractivity contribution is 4.39. The lowest BCUT2D eigenvalue weighted by molar-refractivity contribution is -0.159. The average molecular weight is 190 g/mol. The van der Waals surface area contributed by atoms with Gasteiger partial charge in [0.2, 0.25) is 0 Å². The highest BCUT2D eigenvalue weighted by atomic mass is 19.4. The van der Waals surface area contributed by atoms with Crippen molar-refractivity contribution in [1.82, 2.24) is 0 Å². The molecule has 0 spiro atoms. The van der Waals surface area contributed by atoms with Crippen molar-refractivity contribution in [2.45, 2.75) is 6.18 Å². The van der Waals surface area contributed by atoms with Crippen molar-refractivity contribution in [1.29, 1.82) is 0 Å². The van der Waals surface area contributed by atoms with Crippen LogP contribution in [0.25, 0.3) is 0 Å². The molecule has 0 fully saturated rings. The molecule has 0 saturated carbocycles. The molecule has 0 rings (SSSR count). The van der Waals surface area contributed by atoms with Gasteiger partial charge in [-0.2, -0.15) is 13.2 Å². The fraction of sp³-hybridized carbons (Fsp3) is 1.00. The van der Waals surface area contributed by atoms with Crippen LogP contribution < -0.4 is 0 Å². The van der Waals surface area contributed by atoms with E-state index in [2.05, 4.69) is 9.47 Å². The Bertz CT molecular complexity index is 80.6. The number of methoxy groups -OCH3 is 2. The van der Waals surface area contributed by atoms with Crippen LogP contribution in [0.4, 0.5) is 13.2 Å². The number of aliphatic hydroxyl groups is 1. The van der Waals surface area contributed by atoms with Crippen LogP contribution in [-0.4, -0.2) is 45.3 Å². The third kappa shape index (κ3) is 22.6. The van der Waals surface area contributed by atoms with Gasteiger partial charge in [0.15, 0.2) is 0 Å². The molecule has 3 nitrogen and oxygen atoms in total. The van der Waals surface area contributed by atoms with Gasteiger partial charge in [0, 0.05) is 14.2 Å². The van der Waals surface area contributed by atoms with Crippen molar-refractivity contribution in [3.05, 3.63) is 0 Å². The van der Waals surface area contributed by atoms with Crippen molar-refractivity contribution in [3.63, 3.8) is 0 Å². The molecule has 1 N–H and O–H groups in total. The van der Waals surface area contributed by atoms with Crippen LogP contribution in [0.3, 0.4) is 0 Å². The summed E-state index contributed by atoms with van der Waals surface area (Å²) in [4.78, 5) is 0. The quantitative estimate of drug-likeness (QED) is 0.669. The summed E-state index contributed by atoms with van der Waals surface area (Å²) in [5.74, 6) is 0. The lowest BCUT2D eigenvalue weighted by Crippen LogP contribution is -2.12. The first-order valence-electron chi connectivity index (χ1n) is 3.13. The Morgan fingerprint density at radius 2 is 1.33 bits per heavy atom. The first kappa shape index (κ1) is 14.2. The second-order valence-electron chi connectivity index (χ2n) is 1.76. The molecular weight excluding hydrogens is 177 g/mol. The Hall–Kier alpha value is -0.330. The summed E-state index contributed by atoms with van der Waals surface area (Å²) in [7, 11) is 3.30. The predicted octanol–water partition coefficient (Wildman–Crippen LogP) is 0.820. The fourth-order valence-electron chi connectivity index (χ4n) is 0.167. The van der Waals surface area contributed by atoms with E-state index in [1.54, 1.807) is 14.2 Å². The number of hydrogen-bond donors (Lipinski definition) is 1. The number of aliphatic hydroxyl groups excluding tert-OH is 1. The third-order valence-electron chi connectivity index (χ3n) is 0.671. The minimum absolute atomic E-state index is 0.691. The molecule has 0 radical (unpaired) electrons. The van der Waals surface area contributed by atoms with Crippen LogP contribution in [0.2, 0.25) is 0 Å². The predicted molar refractivity (Wildman–Crippen MR) is 36.9 cm³/mol. The van der Waals surface area contributed by atoms with Crippen molar-refractivity contribution >= 4 is 0 Å². The van der Waals surface area contributed by atoms with Gasteiger partial charge >= 0.3 is 6.18 Å². The van der Waals surface area contributed by atoms with Gasteiger partial charge in [-0.05, 0) is 0 Å². The Labute approximate surface area is 69.1 Å². The van der Waals surface area contributed by atoms with E-state index in [4.69, 9.17) is 5.11 Å². The fourth-order valence-corrected chi connectivity index (χ4v) is 0.167. The van der Waals surface area contributed by atoms with Gasteiger partial charge in [0.25, 0.3) is 0 Å². The van der Waals surface area contributed by atoms with Crippen molar-refractivity contribution in [2.75, 3.05) is 34.0 Å². The third-order valence-corrected chi connectivity index (χ3v) is 0.671. The molecule has 6 heteroatoms. The molecule has 0 heterocycles. The van der Waals surface area contributed by atoms with Crippen LogP contribution in [0.1, 0.15) is 0 Å². The Balaban J connectivity index is 0. The largest absolute Gasteiger partial charge is 0.411 e. The lowest BCUT2D eigenvalue weighted by atomic mass is 10.7. The Morgan fingerprint density at radius 1 is 1.08 bits per heavy atom. The van der Waals surface area contributed by atoms with E-state index >= 15 is 0 Å². The molecule has 0 amide bonds. The minimum atomic E-state index is -4.40. The van der Waals surface area contributed by atoms with E-state index in [0.717, 1.165) is 0 Å². The zero-order chi connectivity index (χ0) is 10.0. The molecule has 0 bridgehead atoms. The molecule has 0 aliphatic heterocycles. The van der Waals surface area contributed by atoms with E-state index < -0.39 is 12.8 Å². The molecule has 0 saturated heterocycles. The topological polar surface area (TPSA) is 38.7 Å². The second kappa shape index (κ2) is 8.76. The maximum Gasteiger partial charge on any atom is 0.411 e. The maximum absolute atomic E-state index is 10.5. The molecule has 12 heavy (non-hydrogen) atoms. The van der Waals surface area contributed by atoms with Crippen molar-refractivity contribution < 1.29 is 27.8 Å². The average Bonchev–Trinajstić information content (AvgIpc) is 2.01. The summed E-state index contributed by atoms with van der Waals surface area (Å²) in [6.07, 6.45) is -4.40. The number of ether oxygens (including phenoxy) is 2. The molecule has 0 atom stereocenters. The standard InChI is InChI=1S/C4H10O2.C2H3F3O/c1-5-3-4-6-2;3-2(4,5)1-6/h3-4H2,1-2H3;6H,1H2. The van der Waals surface area contributed by atoms with Gasteiger partial charge < -0.3 is 14.6 Å². The number of hydrogen-bond acceptors (Lipinski definition) is 3. The number of halogens is 3. The SMILES string of the molecule is COCCOC.OCC(F)(F)F. The number of rotatable bonds is 3. The van der Waals surface area contributed by atoms with Gasteiger partial charge in [-0.15, -0.1) is 0 Å². The monoisotopic (exact) mass is 190 g/mol. The first-order chi connectivity index (χ1) is 5.47. The molecule has 0 aromatic heterocycles. The van der Waals surface area contributed by atoms with Crippen molar-refractivity contribution in [2.24, 2.45) is 0 Å². The van der Waals surface area contributed by atoms with Gasteiger partial charge in [-0.25, -0.2) is 0 Å². The van der Waals surface area contributed by atoms with Gasteiger partial charge in [0.1, 0.15) is 6.61 Å². The zero-order valence-corrected chi connectivity index (χ0v) is 7.02. The van der Waals surface area contributed by atoms with Gasteiger partial charge in [0.05, 0.1) is 13.2 Å². The van der Waals surface area contributed by atoms with Crippen LogP contribution in [0.15, 0.2) is 0 Å². The van der Waals surface area contributed by atoms with Gasteiger partial charge in [-0.3, -0.25) is 0 Å². The van der Waals surface area contributed by atoms with E-state index in [9.17, 15) is 13.2 Å². The summed E-state index contributed by atoms with van der Waals surface area (Å²) < 4.78 is 40.9. The van der Waals surface area contributed by atoms with Crippen LogP contribution >= 0.6 is 0 Å². The lowest BCUT2D eigenvalue weighted by Gasteiger charge is -1.95. The van der Waals surface area contributed by atoms with Crippen molar-refractivity contribution in [3.8, 4) is 0 Å².